The highest BCUT2D eigenvalue weighted by Crippen LogP contribution is 2.44. The highest BCUT2D eigenvalue weighted by Gasteiger charge is 2.37. The third-order valence-electron chi connectivity index (χ3n) is 7.18. The zero-order chi connectivity index (χ0) is 20.0. The summed E-state index contributed by atoms with van der Waals surface area (Å²) in [6, 6.07) is 26.6. The van der Waals surface area contributed by atoms with Gasteiger partial charge in [0.15, 0.2) is 12.2 Å². The summed E-state index contributed by atoms with van der Waals surface area (Å²) in [6.45, 7) is 2.35. The average molecular weight is 389 g/mol. The van der Waals surface area contributed by atoms with Crippen LogP contribution in [0, 0.1) is 0 Å². The number of pyridine rings is 1. The van der Waals surface area contributed by atoms with Gasteiger partial charge in [-0.2, -0.15) is 4.57 Å². The summed E-state index contributed by atoms with van der Waals surface area (Å²) in [7, 11) is 0. The standard InChI is InChI=1S/C27H21N2O/c1-16-23(15-30)20-14-26-21(13-22(20)24-10-4-5-12-28(16)24)19-9-6-8-18-17-7-2-3-11-25(17)29(26)27(18)19/h2-14,16,23,30H,15H2,1H3/q+1. The minimum atomic E-state index is 0.0752. The molecule has 7 rings (SSSR count). The third kappa shape index (κ3) is 1.82. The van der Waals surface area contributed by atoms with E-state index in [4.69, 9.17) is 0 Å². The molecule has 0 spiro atoms. The smallest absolute Gasteiger partial charge is 0.213 e. The molecular formula is C27H21N2O+. The lowest BCUT2D eigenvalue weighted by Gasteiger charge is -2.27. The first-order valence-corrected chi connectivity index (χ1v) is 10.6. The van der Waals surface area contributed by atoms with Crippen LogP contribution in [0.3, 0.4) is 0 Å². The van der Waals surface area contributed by atoms with E-state index in [1.165, 1.54) is 54.9 Å². The van der Waals surface area contributed by atoms with E-state index in [0.29, 0.717) is 0 Å². The highest BCUT2D eigenvalue weighted by atomic mass is 16.3. The Morgan fingerprint density at radius 2 is 1.60 bits per heavy atom. The zero-order valence-corrected chi connectivity index (χ0v) is 16.7. The molecule has 1 aliphatic rings. The third-order valence-corrected chi connectivity index (χ3v) is 7.18. The van der Waals surface area contributed by atoms with Crippen molar-refractivity contribution < 1.29 is 9.67 Å². The van der Waals surface area contributed by atoms with Crippen LogP contribution in [0.4, 0.5) is 0 Å². The van der Waals surface area contributed by atoms with E-state index in [-0.39, 0.29) is 18.6 Å². The van der Waals surface area contributed by atoms with Gasteiger partial charge in [0.25, 0.3) is 0 Å². The van der Waals surface area contributed by atoms with Crippen molar-refractivity contribution in [1.82, 2.24) is 4.40 Å². The van der Waals surface area contributed by atoms with E-state index < -0.39 is 0 Å². The molecule has 3 aromatic carbocycles. The molecule has 0 bridgehead atoms. The van der Waals surface area contributed by atoms with Crippen molar-refractivity contribution in [3.8, 4) is 11.3 Å². The Hall–Kier alpha value is -3.43. The second kappa shape index (κ2) is 5.59. The highest BCUT2D eigenvalue weighted by molar-refractivity contribution is 6.23. The lowest BCUT2D eigenvalue weighted by Crippen LogP contribution is -2.46. The summed E-state index contributed by atoms with van der Waals surface area (Å²) in [5, 5.41) is 15.5. The first-order valence-electron chi connectivity index (χ1n) is 10.6. The molecule has 0 radical (unpaired) electrons. The fourth-order valence-corrected chi connectivity index (χ4v) is 5.76. The first-order chi connectivity index (χ1) is 14.8. The van der Waals surface area contributed by atoms with Crippen LogP contribution in [-0.2, 0) is 0 Å². The van der Waals surface area contributed by atoms with Gasteiger partial charge in [0.05, 0.1) is 34.6 Å². The monoisotopic (exact) mass is 389 g/mol. The van der Waals surface area contributed by atoms with Crippen LogP contribution < -0.4 is 4.57 Å². The molecule has 30 heavy (non-hydrogen) atoms. The van der Waals surface area contributed by atoms with Gasteiger partial charge in [-0.25, -0.2) is 0 Å². The van der Waals surface area contributed by atoms with Crippen molar-refractivity contribution in [2.45, 2.75) is 18.9 Å². The SMILES string of the molecule is CC1C(CO)c2cc3c(cc2-c2cccc[n+]21)c1cccc2c4ccccc4n3c21. The van der Waals surface area contributed by atoms with Gasteiger partial charge >= 0.3 is 0 Å². The number of nitrogens with zero attached hydrogens (tertiary/aromatic N) is 2. The number of aliphatic hydroxyl groups excluding tert-OH is 1. The Kier molecular flexibility index (Phi) is 3.05. The van der Waals surface area contributed by atoms with Gasteiger partial charge in [-0.1, -0.05) is 36.4 Å². The Balaban J connectivity index is 1.71. The normalized spacial score (nSPS) is 18.5. The van der Waals surface area contributed by atoms with Crippen molar-refractivity contribution in [1.29, 1.82) is 0 Å². The first kappa shape index (κ1) is 16.4. The molecule has 2 unspecified atom stereocenters. The van der Waals surface area contributed by atoms with Crippen LogP contribution in [0.25, 0.3) is 49.4 Å². The number of hydrogen-bond donors (Lipinski definition) is 1. The summed E-state index contributed by atoms with van der Waals surface area (Å²) in [5.41, 5.74) is 7.48. The minimum Gasteiger partial charge on any atom is -0.395 e. The molecule has 3 nitrogen and oxygen atoms in total. The van der Waals surface area contributed by atoms with Crippen LogP contribution >= 0.6 is 0 Å². The lowest BCUT2D eigenvalue weighted by atomic mass is 9.83. The molecule has 0 saturated carbocycles. The molecule has 2 atom stereocenters. The zero-order valence-electron chi connectivity index (χ0n) is 16.7. The van der Waals surface area contributed by atoms with E-state index in [1.54, 1.807) is 0 Å². The molecule has 0 aliphatic carbocycles. The van der Waals surface area contributed by atoms with E-state index in [2.05, 4.69) is 94.9 Å². The number of hydrogen-bond acceptors (Lipinski definition) is 1. The molecule has 0 fully saturated rings. The second-order valence-corrected chi connectivity index (χ2v) is 8.53. The topological polar surface area (TPSA) is 28.5 Å². The Labute approximate surface area is 173 Å². The number of aromatic nitrogens is 2. The second-order valence-electron chi connectivity index (χ2n) is 8.53. The van der Waals surface area contributed by atoms with Crippen molar-refractivity contribution in [2.75, 3.05) is 6.61 Å². The predicted octanol–water partition coefficient (Wildman–Crippen LogP) is 5.44. The summed E-state index contributed by atoms with van der Waals surface area (Å²) in [6.07, 6.45) is 2.14. The molecule has 1 N–H and O–H groups in total. The molecule has 0 saturated heterocycles. The van der Waals surface area contributed by atoms with E-state index in [1.807, 2.05) is 0 Å². The maximum atomic E-state index is 10.3. The summed E-state index contributed by atoms with van der Waals surface area (Å²) in [4.78, 5) is 0. The molecule has 4 heterocycles. The van der Waals surface area contributed by atoms with Crippen LogP contribution in [0.15, 0.2) is 79.0 Å². The minimum absolute atomic E-state index is 0.0752. The number of fused-ring (bicyclic) bond motifs is 9. The summed E-state index contributed by atoms with van der Waals surface area (Å²) < 4.78 is 4.73. The van der Waals surface area contributed by atoms with Crippen LogP contribution in [0.5, 0.6) is 0 Å². The van der Waals surface area contributed by atoms with Gasteiger partial charge in [0.2, 0.25) is 5.69 Å². The molecular weight excluding hydrogens is 368 g/mol. The number of para-hydroxylation sites is 2. The van der Waals surface area contributed by atoms with Crippen molar-refractivity contribution in [2.24, 2.45) is 0 Å². The van der Waals surface area contributed by atoms with Crippen LogP contribution in [-0.4, -0.2) is 16.1 Å². The van der Waals surface area contributed by atoms with E-state index in [0.717, 1.165) is 0 Å². The largest absolute Gasteiger partial charge is 0.395 e. The Morgan fingerprint density at radius 3 is 2.47 bits per heavy atom. The van der Waals surface area contributed by atoms with Crippen molar-refractivity contribution in [3.05, 3.63) is 84.6 Å². The van der Waals surface area contributed by atoms with E-state index >= 15 is 0 Å². The van der Waals surface area contributed by atoms with Crippen LogP contribution in [0.2, 0.25) is 0 Å². The van der Waals surface area contributed by atoms with Gasteiger partial charge in [-0.15, -0.1) is 0 Å². The van der Waals surface area contributed by atoms with Gasteiger partial charge in [-0.3, -0.25) is 0 Å². The maximum absolute atomic E-state index is 10.3. The van der Waals surface area contributed by atoms with Gasteiger partial charge in [0, 0.05) is 33.7 Å². The van der Waals surface area contributed by atoms with Gasteiger partial charge < -0.3 is 9.51 Å². The Bertz CT molecular complexity index is 1610. The van der Waals surface area contributed by atoms with Crippen molar-refractivity contribution in [3.63, 3.8) is 0 Å². The lowest BCUT2D eigenvalue weighted by molar-refractivity contribution is -0.714. The number of rotatable bonds is 1. The molecule has 0 amide bonds. The maximum Gasteiger partial charge on any atom is 0.213 e. The average Bonchev–Trinajstić information content (AvgIpc) is 3.30. The van der Waals surface area contributed by atoms with Gasteiger partial charge in [0.1, 0.15) is 0 Å². The molecule has 6 aromatic rings. The summed E-state index contributed by atoms with van der Waals surface area (Å²) in [5.74, 6) is 0.0752. The molecule has 1 aliphatic heterocycles. The molecule has 144 valence electrons. The number of aliphatic hydroxyl groups is 1. The van der Waals surface area contributed by atoms with Crippen LogP contribution in [0.1, 0.15) is 24.4 Å². The Morgan fingerprint density at radius 1 is 0.833 bits per heavy atom. The van der Waals surface area contributed by atoms with E-state index in [9.17, 15) is 5.11 Å². The number of benzene rings is 3. The van der Waals surface area contributed by atoms with Crippen molar-refractivity contribution >= 4 is 38.1 Å². The summed E-state index contributed by atoms with van der Waals surface area (Å²) >= 11 is 0. The fourth-order valence-electron chi connectivity index (χ4n) is 5.76. The predicted molar refractivity (Wildman–Crippen MR) is 121 cm³/mol. The molecule has 3 heteroatoms. The fraction of sp³-hybridized carbons (Fsp3) is 0.148. The quantitative estimate of drug-likeness (QED) is 0.373. The van der Waals surface area contributed by atoms with Gasteiger partial charge in [-0.05, 0) is 36.8 Å². The molecule has 3 aromatic heterocycles.